The Bertz CT molecular complexity index is 1180. The zero-order chi connectivity index (χ0) is 24.3. The van der Waals surface area contributed by atoms with Crippen LogP contribution in [-0.2, 0) is 0 Å². The molecule has 34 heavy (non-hydrogen) atoms. The van der Waals surface area contributed by atoms with Gasteiger partial charge in [0.05, 0.1) is 6.04 Å². The highest BCUT2D eigenvalue weighted by Crippen LogP contribution is 2.37. The van der Waals surface area contributed by atoms with Gasteiger partial charge in [0, 0.05) is 30.2 Å². The van der Waals surface area contributed by atoms with Crippen LogP contribution in [0.2, 0.25) is 0 Å². The molecular formula is C27H30N4O3. The van der Waals surface area contributed by atoms with Gasteiger partial charge in [-0.05, 0) is 72.4 Å². The lowest BCUT2D eigenvalue weighted by Crippen LogP contribution is -2.48. The van der Waals surface area contributed by atoms with Crippen molar-refractivity contribution in [3.05, 3.63) is 78.1 Å². The molecule has 1 aromatic carbocycles. The fourth-order valence-corrected chi connectivity index (χ4v) is 4.02. The molecule has 7 heteroatoms. The summed E-state index contributed by atoms with van der Waals surface area (Å²) < 4.78 is 6.15. The molecule has 1 amide bonds. The summed E-state index contributed by atoms with van der Waals surface area (Å²) in [5.74, 6) is 1.95. The largest absolute Gasteiger partial charge is 0.465 e. The first-order chi connectivity index (χ1) is 16.2. The van der Waals surface area contributed by atoms with Crippen molar-refractivity contribution in [3.8, 4) is 11.6 Å². The average molecular weight is 459 g/mol. The van der Waals surface area contributed by atoms with Gasteiger partial charge in [-0.25, -0.2) is 14.8 Å². The van der Waals surface area contributed by atoms with Crippen LogP contribution in [-0.4, -0.2) is 38.7 Å². The Morgan fingerprint density at radius 1 is 1.12 bits per heavy atom. The number of amides is 1. The fraction of sp³-hybridized carbons (Fsp3) is 0.296. The van der Waals surface area contributed by atoms with Crippen molar-refractivity contribution in [2.24, 2.45) is 5.41 Å². The number of benzene rings is 1. The van der Waals surface area contributed by atoms with E-state index in [0.29, 0.717) is 24.6 Å². The van der Waals surface area contributed by atoms with Gasteiger partial charge in [-0.3, -0.25) is 0 Å². The lowest BCUT2D eigenvalue weighted by atomic mass is 9.81. The predicted molar refractivity (Wildman–Crippen MR) is 134 cm³/mol. The van der Waals surface area contributed by atoms with Crippen molar-refractivity contribution in [3.63, 3.8) is 0 Å². The van der Waals surface area contributed by atoms with Crippen LogP contribution in [0.1, 0.15) is 38.3 Å². The maximum atomic E-state index is 11.8. The fourth-order valence-electron chi connectivity index (χ4n) is 4.02. The number of nitrogens with one attached hydrogen (secondary N) is 1. The molecule has 0 radical (unpaired) electrons. The third-order valence-electron chi connectivity index (χ3n) is 5.82. The molecule has 0 bridgehead atoms. The van der Waals surface area contributed by atoms with Gasteiger partial charge in [-0.15, -0.1) is 0 Å². The lowest BCUT2D eigenvalue weighted by molar-refractivity contribution is 0.1000. The number of anilines is 2. The van der Waals surface area contributed by atoms with Gasteiger partial charge in [0.15, 0.2) is 0 Å². The zero-order valence-electron chi connectivity index (χ0n) is 19.9. The Morgan fingerprint density at radius 2 is 1.88 bits per heavy atom. The van der Waals surface area contributed by atoms with E-state index in [-0.39, 0.29) is 11.5 Å². The van der Waals surface area contributed by atoms with Crippen LogP contribution in [0.25, 0.3) is 5.57 Å². The molecule has 3 aromatic rings. The van der Waals surface area contributed by atoms with Gasteiger partial charge in [0.2, 0.25) is 5.88 Å². The number of hydrogen-bond acceptors (Lipinski definition) is 5. The van der Waals surface area contributed by atoms with Crippen molar-refractivity contribution in [2.45, 2.75) is 40.2 Å². The average Bonchev–Trinajstić information content (AvgIpc) is 2.81. The predicted octanol–water partition coefficient (Wildman–Crippen LogP) is 6.50. The van der Waals surface area contributed by atoms with Gasteiger partial charge in [0.1, 0.15) is 11.6 Å². The Kier molecular flexibility index (Phi) is 6.54. The molecular weight excluding hydrogens is 428 g/mol. The molecule has 1 aliphatic heterocycles. The molecule has 0 saturated carbocycles. The summed E-state index contributed by atoms with van der Waals surface area (Å²) in [5, 5.41) is 12.9. The zero-order valence-corrected chi connectivity index (χ0v) is 19.9. The first-order valence-corrected chi connectivity index (χ1v) is 11.3. The molecule has 1 atom stereocenters. The second kappa shape index (κ2) is 9.55. The third-order valence-corrected chi connectivity index (χ3v) is 5.82. The molecule has 0 saturated heterocycles. The standard InChI is InChI=1S/C27H30N4O3/c1-18-7-12-24(29-17-18)30-20-8-10-21(11-9-20)34-25-22(6-5-14-28-25)19-13-15-31(26(32)33)23(16-19)27(2,3)4/h5-12,14,16-17,23H,13,15H2,1-4H3,(H,29,30)(H,32,33). The molecule has 2 aromatic heterocycles. The number of nitrogens with zero attached hydrogens (tertiary/aromatic N) is 3. The van der Waals surface area contributed by atoms with E-state index in [0.717, 1.165) is 28.2 Å². The van der Waals surface area contributed by atoms with Crippen LogP contribution in [0, 0.1) is 12.3 Å². The quantitative estimate of drug-likeness (QED) is 0.454. The normalized spacial score (nSPS) is 16.1. The molecule has 2 N–H and O–H groups in total. The topological polar surface area (TPSA) is 87.6 Å². The number of carboxylic acid groups (broad SMARTS) is 1. The minimum absolute atomic E-state index is 0.234. The van der Waals surface area contributed by atoms with E-state index >= 15 is 0 Å². The molecule has 3 heterocycles. The number of rotatable bonds is 5. The molecule has 176 valence electrons. The van der Waals surface area contributed by atoms with Crippen molar-refractivity contribution < 1.29 is 14.6 Å². The van der Waals surface area contributed by atoms with Crippen LogP contribution in [0.4, 0.5) is 16.3 Å². The minimum atomic E-state index is -0.896. The lowest BCUT2D eigenvalue weighted by Gasteiger charge is -2.40. The molecule has 0 spiro atoms. The van der Waals surface area contributed by atoms with Gasteiger partial charge in [-0.2, -0.15) is 0 Å². The molecule has 1 unspecified atom stereocenters. The highest BCUT2D eigenvalue weighted by atomic mass is 16.5. The van der Waals surface area contributed by atoms with E-state index in [1.54, 1.807) is 6.20 Å². The third kappa shape index (κ3) is 5.36. The second-order valence-corrected chi connectivity index (χ2v) is 9.56. The highest BCUT2D eigenvalue weighted by molar-refractivity contribution is 5.74. The van der Waals surface area contributed by atoms with E-state index in [1.807, 2.05) is 67.7 Å². The summed E-state index contributed by atoms with van der Waals surface area (Å²) in [6, 6.07) is 15.2. The first kappa shape index (κ1) is 23.3. The minimum Gasteiger partial charge on any atom is -0.465 e. The Morgan fingerprint density at radius 3 is 2.53 bits per heavy atom. The monoisotopic (exact) mass is 458 g/mol. The molecule has 7 nitrogen and oxygen atoms in total. The summed E-state index contributed by atoms with van der Waals surface area (Å²) in [4.78, 5) is 22.1. The number of aryl methyl sites for hydroxylation is 1. The first-order valence-electron chi connectivity index (χ1n) is 11.3. The maximum Gasteiger partial charge on any atom is 0.407 e. The van der Waals surface area contributed by atoms with Crippen LogP contribution in [0.15, 0.2) is 67.0 Å². The summed E-state index contributed by atoms with van der Waals surface area (Å²) in [6.45, 7) is 8.59. The van der Waals surface area contributed by atoms with Crippen molar-refractivity contribution in [1.29, 1.82) is 0 Å². The maximum absolute atomic E-state index is 11.8. The van der Waals surface area contributed by atoms with Gasteiger partial charge in [0.25, 0.3) is 0 Å². The number of carbonyl (C=O) groups is 1. The smallest absolute Gasteiger partial charge is 0.407 e. The van der Waals surface area contributed by atoms with Gasteiger partial charge >= 0.3 is 6.09 Å². The summed E-state index contributed by atoms with van der Waals surface area (Å²) in [5.41, 5.74) is 3.71. The van der Waals surface area contributed by atoms with Crippen LogP contribution in [0.3, 0.4) is 0 Å². The summed E-state index contributed by atoms with van der Waals surface area (Å²) in [6.07, 6.45) is 5.28. The van der Waals surface area contributed by atoms with Crippen LogP contribution < -0.4 is 10.1 Å². The number of ether oxygens (including phenoxy) is 1. The van der Waals surface area contributed by atoms with E-state index in [9.17, 15) is 9.90 Å². The Balaban J connectivity index is 1.55. The molecule has 0 fully saturated rings. The van der Waals surface area contributed by atoms with Crippen molar-refractivity contribution in [1.82, 2.24) is 14.9 Å². The van der Waals surface area contributed by atoms with E-state index in [4.69, 9.17) is 4.74 Å². The number of aromatic nitrogens is 2. The number of pyridine rings is 2. The number of hydrogen-bond donors (Lipinski definition) is 2. The van der Waals surface area contributed by atoms with Crippen LogP contribution in [0.5, 0.6) is 11.6 Å². The summed E-state index contributed by atoms with van der Waals surface area (Å²) >= 11 is 0. The molecule has 0 aliphatic carbocycles. The summed E-state index contributed by atoms with van der Waals surface area (Å²) in [7, 11) is 0. The van der Waals surface area contributed by atoms with E-state index in [2.05, 4.69) is 36.1 Å². The highest BCUT2D eigenvalue weighted by Gasteiger charge is 2.35. The van der Waals surface area contributed by atoms with Gasteiger partial charge in [-0.1, -0.05) is 32.9 Å². The van der Waals surface area contributed by atoms with E-state index in [1.165, 1.54) is 4.90 Å². The second-order valence-electron chi connectivity index (χ2n) is 9.56. The molecule has 1 aliphatic rings. The van der Waals surface area contributed by atoms with E-state index < -0.39 is 6.09 Å². The molecule has 4 rings (SSSR count). The van der Waals surface area contributed by atoms with Crippen LogP contribution >= 0.6 is 0 Å². The SMILES string of the molecule is Cc1ccc(Nc2ccc(Oc3ncccc3C3=CC(C(C)(C)C)N(C(=O)O)CC3)cc2)nc1. The Hall–Kier alpha value is -3.87. The van der Waals surface area contributed by atoms with Crippen molar-refractivity contribution >= 4 is 23.2 Å². The van der Waals surface area contributed by atoms with Crippen molar-refractivity contribution in [2.75, 3.05) is 11.9 Å². The van der Waals surface area contributed by atoms with Gasteiger partial charge < -0.3 is 20.1 Å². The Labute approximate surface area is 200 Å².